The Morgan fingerprint density at radius 1 is 1.32 bits per heavy atom. The Bertz CT molecular complexity index is 755. The summed E-state index contributed by atoms with van der Waals surface area (Å²) in [5.41, 5.74) is 0.969. The van der Waals surface area contributed by atoms with Crippen LogP contribution in [0.3, 0.4) is 0 Å². The molecule has 2 amide bonds. The number of fused-ring (bicyclic) bond motifs is 2. The summed E-state index contributed by atoms with van der Waals surface area (Å²) in [6.45, 7) is 0.300. The summed E-state index contributed by atoms with van der Waals surface area (Å²) in [5.74, 6) is -0.547. The van der Waals surface area contributed by atoms with Crippen molar-refractivity contribution in [3.8, 4) is 0 Å². The fourth-order valence-electron chi connectivity index (χ4n) is 2.99. The first kappa shape index (κ1) is 17.6. The molecule has 3 rings (SSSR count). The van der Waals surface area contributed by atoms with Crippen LogP contribution in [0, 0.1) is 0 Å². The summed E-state index contributed by atoms with van der Waals surface area (Å²) in [4.78, 5) is 29.6. The summed E-state index contributed by atoms with van der Waals surface area (Å²) in [6, 6.07) is 1.52. The molecule has 0 unspecified atom stereocenters. The van der Waals surface area contributed by atoms with E-state index in [1.807, 2.05) is 12.1 Å². The third kappa shape index (κ3) is 4.06. The van der Waals surface area contributed by atoms with Crippen molar-refractivity contribution >= 4 is 22.4 Å². The Hall–Kier alpha value is -2.24. The SMILES string of the molecule is O=C(OCCc1ccncc1)[C@H]1CC[C@H]2CN1C(=O)N2OS(=O)(=O)O. The lowest BCUT2D eigenvalue weighted by atomic mass is 10.0. The molecule has 2 bridgehead atoms. The number of piperidine rings is 1. The van der Waals surface area contributed by atoms with E-state index in [1.54, 1.807) is 12.4 Å². The number of esters is 1. The van der Waals surface area contributed by atoms with Crippen LogP contribution in [0.15, 0.2) is 24.5 Å². The minimum absolute atomic E-state index is 0.137. The summed E-state index contributed by atoms with van der Waals surface area (Å²) >= 11 is 0. The molecule has 2 aliphatic heterocycles. The predicted molar refractivity (Wildman–Crippen MR) is 82.3 cm³/mol. The van der Waals surface area contributed by atoms with E-state index in [9.17, 15) is 18.0 Å². The zero-order chi connectivity index (χ0) is 18.0. The van der Waals surface area contributed by atoms with Gasteiger partial charge >= 0.3 is 22.4 Å². The molecule has 1 aromatic heterocycles. The zero-order valence-electron chi connectivity index (χ0n) is 13.1. The van der Waals surface area contributed by atoms with Crippen molar-refractivity contribution in [3.05, 3.63) is 30.1 Å². The maximum Gasteiger partial charge on any atom is 0.418 e. The van der Waals surface area contributed by atoms with Gasteiger partial charge in [0, 0.05) is 25.4 Å². The second kappa shape index (κ2) is 6.94. The predicted octanol–water partition coefficient (Wildman–Crippen LogP) is 0.170. The van der Waals surface area contributed by atoms with Crippen LogP contribution in [0.2, 0.25) is 0 Å². The van der Waals surface area contributed by atoms with Crippen LogP contribution in [-0.4, -0.2) is 65.2 Å². The Labute approximate surface area is 144 Å². The van der Waals surface area contributed by atoms with Gasteiger partial charge in [0.25, 0.3) is 0 Å². The van der Waals surface area contributed by atoms with E-state index >= 15 is 0 Å². The number of nitrogens with zero attached hydrogens (tertiary/aromatic N) is 3. The molecule has 0 spiro atoms. The molecule has 2 fully saturated rings. The number of amides is 2. The van der Waals surface area contributed by atoms with Gasteiger partial charge in [-0.25, -0.2) is 9.59 Å². The summed E-state index contributed by atoms with van der Waals surface area (Å²) < 4.78 is 40.0. The number of aromatic nitrogens is 1. The van der Waals surface area contributed by atoms with Crippen molar-refractivity contribution in [3.63, 3.8) is 0 Å². The molecule has 1 N–H and O–H groups in total. The number of hydrogen-bond acceptors (Lipinski definition) is 7. The molecular weight excluding hydrogens is 354 g/mol. The van der Waals surface area contributed by atoms with Crippen LogP contribution in [0.25, 0.3) is 0 Å². The van der Waals surface area contributed by atoms with Crippen LogP contribution in [0.5, 0.6) is 0 Å². The van der Waals surface area contributed by atoms with E-state index in [1.165, 1.54) is 4.90 Å². The van der Waals surface area contributed by atoms with Gasteiger partial charge in [0.2, 0.25) is 0 Å². The molecule has 1 aromatic rings. The summed E-state index contributed by atoms with van der Waals surface area (Å²) in [6.07, 6.45) is 4.50. The molecule has 0 aliphatic carbocycles. The van der Waals surface area contributed by atoms with Crippen LogP contribution in [-0.2, 0) is 30.6 Å². The third-order valence-corrected chi connectivity index (χ3v) is 4.50. The van der Waals surface area contributed by atoms with Gasteiger partial charge in [0.05, 0.1) is 12.6 Å². The van der Waals surface area contributed by atoms with E-state index in [2.05, 4.69) is 9.27 Å². The normalized spacial score (nSPS) is 23.0. The number of hydroxylamine groups is 2. The van der Waals surface area contributed by atoms with Gasteiger partial charge in [-0.3, -0.25) is 9.54 Å². The lowest BCUT2D eigenvalue weighted by molar-refractivity contribution is -0.149. The summed E-state index contributed by atoms with van der Waals surface area (Å²) in [7, 11) is -4.80. The average molecular weight is 371 g/mol. The van der Waals surface area contributed by atoms with Crippen molar-refractivity contribution < 1.29 is 31.6 Å². The highest BCUT2D eigenvalue weighted by Crippen LogP contribution is 2.31. The molecule has 0 saturated carbocycles. The Kier molecular flexibility index (Phi) is 4.88. The first-order valence-corrected chi connectivity index (χ1v) is 9.04. The average Bonchev–Trinajstić information content (AvgIpc) is 2.79. The number of rotatable bonds is 6. The number of urea groups is 1. The van der Waals surface area contributed by atoms with Gasteiger partial charge in [-0.1, -0.05) is 0 Å². The maximum absolute atomic E-state index is 12.3. The first-order chi connectivity index (χ1) is 11.8. The molecule has 3 heterocycles. The minimum Gasteiger partial charge on any atom is -0.464 e. The molecule has 136 valence electrons. The fourth-order valence-corrected chi connectivity index (χ4v) is 3.38. The van der Waals surface area contributed by atoms with Gasteiger partial charge in [-0.05, 0) is 30.5 Å². The van der Waals surface area contributed by atoms with Gasteiger partial charge in [-0.15, -0.1) is 4.28 Å². The monoisotopic (exact) mass is 371 g/mol. The van der Waals surface area contributed by atoms with E-state index < -0.39 is 34.5 Å². The summed E-state index contributed by atoms with van der Waals surface area (Å²) in [5, 5.41) is 0.597. The fraction of sp³-hybridized carbons (Fsp3) is 0.500. The van der Waals surface area contributed by atoms with E-state index in [0.717, 1.165) is 5.56 Å². The van der Waals surface area contributed by atoms with Crippen LogP contribution >= 0.6 is 0 Å². The van der Waals surface area contributed by atoms with Gasteiger partial charge in [-0.2, -0.15) is 13.5 Å². The molecule has 0 aromatic carbocycles. The molecule has 2 aliphatic rings. The largest absolute Gasteiger partial charge is 0.464 e. The minimum atomic E-state index is -4.80. The van der Waals surface area contributed by atoms with Crippen LogP contribution in [0.1, 0.15) is 18.4 Å². The van der Waals surface area contributed by atoms with Crippen molar-refractivity contribution in [2.45, 2.75) is 31.3 Å². The highest BCUT2D eigenvalue weighted by Gasteiger charge is 2.49. The van der Waals surface area contributed by atoms with Gasteiger partial charge in [0.1, 0.15) is 6.04 Å². The van der Waals surface area contributed by atoms with Crippen LogP contribution in [0.4, 0.5) is 4.79 Å². The number of carbonyl (C=O) groups is 2. The third-order valence-electron chi connectivity index (χ3n) is 4.15. The lowest BCUT2D eigenvalue weighted by Crippen LogP contribution is -2.46. The second-order valence-corrected chi connectivity index (χ2v) is 6.79. The second-order valence-electron chi connectivity index (χ2n) is 5.78. The van der Waals surface area contributed by atoms with E-state index in [-0.39, 0.29) is 13.2 Å². The lowest BCUT2D eigenvalue weighted by Gasteiger charge is -2.28. The topological polar surface area (TPSA) is 126 Å². The van der Waals surface area contributed by atoms with Crippen LogP contribution < -0.4 is 0 Å². The molecule has 2 atom stereocenters. The molecule has 25 heavy (non-hydrogen) atoms. The first-order valence-electron chi connectivity index (χ1n) is 7.67. The zero-order valence-corrected chi connectivity index (χ0v) is 14.0. The number of pyridine rings is 1. The standard InChI is InChI=1S/C14H17N3O7S/c18-13(23-8-5-10-3-6-15-7-4-10)12-2-1-11-9-16(12)14(19)17(11)24-25(20,21)22/h3-4,6-7,11-12H,1-2,5,8-9H2,(H,20,21,22)/t11-,12+/m0/s1. The smallest absolute Gasteiger partial charge is 0.418 e. The quantitative estimate of drug-likeness (QED) is 0.554. The highest BCUT2D eigenvalue weighted by atomic mass is 32.3. The van der Waals surface area contributed by atoms with E-state index in [4.69, 9.17) is 9.29 Å². The Balaban J connectivity index is 1.57. The Morgan fingerprint density at radius 3 is 2.72 bits per heavy atom. The number of ether oxygens (including phenoxy) is 1. The number of hydrogen-bond donors (Lipinski definition) is 1. The van der Waals surface area contributed by atoms with Crippen molar-refractivity contribution in [2.24, 2.45) is 0 Å². The van der Waals surface area contributed by atoms with Crippen molar-refractivity contribution in [2.75, 3.05) is 13.2 Å². The Morgan fingerprint density at radius 2 is 2.04 bits per heavy atom. The number of carbonyl (C=O) groups excluding carboxylic acids is 2. The highest BCUT2D eigenvalue weighted by molar-refractivity contribution is 7.80. The van der Waals surface area contributed by atoms with Crippen molar-refractivity contribution in [1.29, 1.82) is 0 Å². The van der Waals surface area contributed by atoms with Gasteiger partial charge in [0.15, 0.2) is 0 Å². The molecule has 0 radical (unpaired) electrons. The van der Waals surface area contributed by atoms with E-state index in [0.29, 0.717) is 24.3 Å². The molecule has 10 nitrogen and oxygen atoms in total. The molecule has 11 heteroatoms. The van der Waals surface area contributed by atoms with Gasteiger partial charge < -0.3 is 9.64 Å². The molecular formula is C14H17N3O7S. The van der Waals surface area contributed by atoms with Crippen molar-refractivity contribution in [1.82, 2.24) is 14.9 Å². The molecule has 2 saturated heterocycles. The maximum atomic E-state index is 12.3.